The Balaban J connectivity index is 1.98. The summed E-state index contributed by atoms with van der Waals surface area (Å²) >= 11 is 0. The van der Waals surface area contributed by atoms with Gasteiger partial charge in [-0.05, 0) is 32.2 Å². The first-order valence-corrected chi connectivity index (χ1v) is 6.47. The molecule has 2 heteroatoms. The molecule has 2 fully saturated rings. The van der Waals surface area contributed by atoms with Crippen molar-refractivity contribution in [2.75, 3.05) is 13.1 Å². The van der Waals surface area contributed by atoms with Crippen LogP contribution in [-0.4, -0.2) is 18.9 Å². The minimum Gasteiger partial charge on any atom is -0.316 e. The Morgan fingerprint density at radius 3 is 2.53 bits per heavy atom. The highest BCUT2D eigenvalue weighted by Gasteiger charge is 2.38. The highest BCUT2D eigenvalue weighted by Crippen LogP contribution is 2.35. The Bertz CT molecular complexity index is 225. The number of hydrogen-bond acceptors (Lipinski definition) is 2. The van der Waals surface area contributed by atoms with Crippen molar-refractivity contribution in [3.63, 3.8) is 0 Å². The van der Waals surface area contributed by atoms with Crippen LogP contribution in [0.15, 0.2) is 0 Å². The molecule has 0 aromatic heterocycles. The number of ketones is 1. The number of piperidine rings is 1. The van der Waals surface area contributed by atoms with Crippen LogP contribution in [0.5, 0.6) is 0 Å². The summed E-state index contributed by atoms with van der Waals surface area (Å²) in [7, 11) is 0. The summed E-state index contributed by atoms with van der Waals surface area (Å²) in [6, 6.07) is 0. The van der Waals surface area contributed by atoms with Gasteiger partial charge in [0, 0.05) is 17.9 Å². The third-order valence-electron chi connectivity index (χ3n) is 4.17. The third kappa shape index (κ3) is 2.41. The Kier molecular flexibility index (Phi) is 3.45. The maximum atomic E-state index is 12.4. The van der Waals surface area contributed by atoms with Gasteiger partial charge in [0.15, 0.2) is 0 Å². The molecule has 2 nitrogen and oxygen atoms in total. The summed E-state index contributed by atoms with van der Waals surface area (Å²) in [5.74, 6) is 0.929. The topological polar surface area (TPSA) is 29.1 Å². The second-order valence-corrected chi connectivity index (χ2v) is 5.54. The lowest BCUT2D eigenvalue weighted by Gasteiger charge is -2.36. The maximum absolute atomic E-state index is 12.4. The van der Waals surface area contributed by atoms with Crippen molar-refractivity contribution in [3.8, 4) is 0 Å². The van der Waals surface area contributed by atoms with Gasteiger partial charge in [-0.25, -0.2) is 0 Å². The van der Waals surface area contributed by atoms with Crippen molar-refractivity contribution < 1.29 is 4.79 Å². The fourth-order valence-corrected chi connectivity index (χ4v) is 3.12. The van der Waals surface area contributed by atoms with Gasteiger partial charge in [0.1, 0.15) is 5.78 Å². The molecule has 1 aliphatic carbocycles. The molecule has 15 heavy (non-hydrogen) atoms. The zero-order valence-corrected chi connectivity index (χ0v) is 9.85. The summed E-state index contributed by atoms with van der Waals surface area (Å²) < 4.78 is 0. The van der Waals surface area contributed by atoms with Crippen LogP contribution < -0.4 is 5.32 Å². The molecule has 2 aliphatic rings. The molecule has 1 saturated carbocycles. The van der Waals surface area contributed by atoms with Gasteiger partial charge < -0.3 is 5.32 Å². The summed E-state index contributed by atoms with van der Waals surface area (Å²) in [5.41, 5.74) is -0.0553. The largest absolute Gasteiger partial charge is 0.316 e. The average molecular weight is 209 g/mol. The molecule has 1 heterocycles. The first-order valence-electron chi connectivity index (χ1n) is 6.47. The van der Waals surface area contributed by atoms with E-state index in [4.69, 9.17) is 0 Å². The van der Waals surface area contributed by atoms with Crippen molar-refractivity contribution in [3.05, 3.63) is 0 Å². The molecule has 0 aromatic carbocycles. The van der Waals surface area contributed by atoms with Crippen LogP contribution in [0.25, 0.3) is 0 Å². The van der Waals surface area contributed by atoms with E-state index in [0.29, 0.717) is 11.7 Å². The van der Waals surface area contributed by atoms with Crippen LogP contribution in [0.1, 0.15) is 51.9 Å². The standard InChI is InChI=1S/C13H23NO/c1-13(8-5-9-14-10-13)12(15)11-6-3-2-4-7-11/h11,14H,2-10H2,1H3. The predicted molar refractivity (Wildman–Crippen MR) is 61.8 cm³/mol. The van der Waals surface area contributed by atoms with E-state index >= 15 is 0 Å². The average Bonchev–Trinajstić information content (AvgIpc) is 2.30. The van der Waals surface area contributed by atoms with E-state index in [0.717, 1.165) is 38.8 Å². The minimum absolute atomic E-state index is 0.0553. The van der Waals surface area contributed by atoms with Gasteiger partial charge in [0.2, 0.25) is 0 Å². The normalized spacial score (nSPS) is 33.9. The lowest BCUT2D eigenvalue weighted by atomic mass is 9.71. The minimum atomic E-state index is -0.0553. The molecule has 0 spiro atoms. The summed E-state index contributed by atoms with van der Waals surface area (Å²) in [5, 5.41) is 3.37. The fourth-order valence-electron chi connectivity index (χ4n) is 3.12. The van der Waals surface area contributed by atoms with Crippen molar-refractivity contribution >= 4 is 5.78 Å². The predicted octanol–water partition coefficient (Wildman–Crippen LogP) is 2.53. The smallest absolute Gasteiger partial charge is 0.143 e. The second-order valence-electron chi connectivity index (χ2n) is 5.54. The van der Waals surface area contributed by atoms with Gasteiger partial charge in [-0.15, -0.1) is 0 Å². The molecule has 1 unspecified atom stereocenters. The van der Waals surface area contributed by atoms with Crippen LogP contribution in [0.2, 0.25) is 0 Å². The van der Waals surface area contributed by atoms with Gasteiger partial charge in [0.25, 0.3) is 0 Å². The highest BCUT2D eigenvalue weighted by molar-refractivity contribution is 5.87. The first kappa shape index (κ1) is 11.1. The fraction of sp³-hybridized carbons (Fsp3) is 0.923. The monoisotopic (exact) mass is 209 g/mol. The van der Waals surface area contributed by atoms with Gasteiger partial charge >= 0.3 is 0 Å². The lowest BCUT2D eigenvalue weighted by Crippen LogP contribution is -2.46. The van der Waals surface area contributed by atoms with Gasteiger partial charge in [0.05, 0.1) is 0 Å². The van der Waals surface area contributed by atoms with Gasteiger partial charge in [-0.2, -0.15) is 0 Å². The van der Waals surface area contributed by atoms with Crippen molar-refractivity contribution in [1.82, 2.24) is 5.32 Å². The summed E-state index contributed by atoms with van der Waals surface area (Å²) in [4.78, 5) is 12.4. The number of nitrogens with one attached hydrogen (secondary N) is 1. The third-order valence-corrected chi connectivity index (χ3v) is 4.17. The number of rotatable bonds is 2. The van der Waals surface area contributed by atoms with Crippen molar-refractivity contribution in [2.24, 2.45) is 11.3 Å². The molecule has 2 rings (SSSR count). The second kappa shape index (κ2) is 4.65. The van der Waals surface area contributed by atoms with E-state index in [1.54, 1.807) is 0 Å². The Morgan fingerprint density at radius 2 is 1.93 bits per heavy atom. The first-order chi connectivity index (χ1) is 7.22. The van der Waals surface area contributed by atoms with Crippen LogP contribution in [-0.2, 0) is 4.79 Å². The van der Waals surface area contributed by atoms with E-state index < -0.39 is 0 Å². The number of hydrogen-bond donors (Lipinski definition) is 1. The SMILES string of the molecule is CC1(C(=O)C2CCCCC2)CCCNC1. The lowest BCUT2D eigenvalue weighted by molar-refractivity contribution is -0.134. The zero-order valence-electron chi connectivity index (χ0n) is 9.85. The van der Waals surface area contributed by atoms with Gasteiger partial charge in [-0.3, -0.25) is 4.79 Å². The highest BCUT2D eigenvalue weighted by atomic mass is 16.1. The molecule has 1 atom stereocenters. The van der Waals surface area contributed by atoms with Crippen LogP contribution >= 0.6 is 0 Å². The van der Waals surface area contributed by atoms with Gasteiger partial charge in [-0.1, -0.05) is 26.2 Å². The molecule has 0 amide bonds. The molecule has 1 N–H and O–H groups in total. The molecule has 0 aromatic rings. The van der Waals surface area contributed by atoms with Crippen LogP contribution in [0.3, 0.4) is 0 Å². The van der Waals surface area contributed by atoms with E-state index in [2.05, 4.69) is 12.2 Å². The van der Waals surface area contributed by atoms with Crippen LogP contribution in [0.4, 0.5) is 0 Å². The quantitative estimate of drug-likeness (QED) is 0.757. The molecule has 86 valence electrons. The number of carbonyl (C=O) groups excluding carboxylic acids is 1. The Hall–Kier alpha value is -0.370. The Labute approximate surface area is 92.8 Å². The number of carbonyl (C=O) groups is 1. The zero-order chi connectivity index (χ0) is 10.7. The molecule has 0 radical (unpaired) electrons. The van der Waals surface area contributed by atoms with E-state index in [1.807, 2.05) is 0 Å². The van der Waals surface area contributed by atoms with Crippen molar-refractivity contribution in [2.45, 2.75) is 51.9 Å². The molecular formula is C13H23NO. The molecular weight excluding hydrogens is 186 g/mol. The summed E-state index contributed by atoms with van der Waals surface area (Å²) in [6.45, 7) is 4.16. The van der Waals surface area contributed by atoms with E-state index in [9.17, 15) is 4.79 Å². The Morgan fingerprint density at radius 1 is 1.20 bits per heavy atom. The van der Waals surface area contributed by atoms with E-state index in [-0.39, 0.29) is 5.41 Å². The van der Waals surface area contributed by atoms with E-state index in [1.165, 1.54) is 19.3 Å². The number of Topliss-reactive ketones (excluding diaryl/α,β-unsaturated/α-hetero) is 1. The maximum Gasteiger partial charge on any atom is 0.143 e. The molecule has 1 saturated heterocycles. The van der Waals surface area contributed by atoms with Crippen molar-refractivity contribution in [1.29, 1.82) is 0 Å². The van der Waals surface area contributed by atoms with Crippen LogP contribution in [0, 0.1) is 11.3 Å². The molecule has 1 aliphatic heterocycles. The molecule has 0 bridgehead atoms. The summed E-state index contributed by atoms with van der Waals surface area (Å²) in [6.07, 6.45) is 8.41.